The van der Waals surface area contributed by atoms with Crippen molar-refractivity contribution in [3.8, 4) is 0 Å². The van der Waals surface area contributed by atoms with Gasteiger partial charge in [0.25, 0.3) is 0 Å². The van der Waals surface area contributed by atoms with E-state index in [-0.39, 0.29) is 6.09 Å². The molecule has 0 aliphatic heterocycles. The molecule has 3 unspecified atom stereocenters. The summed E-state index contributed by atoms with van der Waals surface area (Å²) in [6.07, 6.45) is 5.26. The predicted molar refractivity (Wildman–Crippen MR) is 78.2 cm³/mol. The molecule has 3 atom stereocenters. The highest BCUT2D eigenvalue weighted by Crippen LogP contribution is 2.48. The Morgan fingerprint density at radius 1 is 1.25 bits per heavy atom. The first kappa shape index (κ1) is 13.5. The Bertz CT molecular complexity index is 459. The van der Waals surface area contributed by atoms with E-state index in [0.717, 1.165) is 23.9 Å². The van der Waals surface area contributed by atoms with Gasteiger partial charge in [-0.3, -0.25) is 0 Å². The van der Waals surface area contributed by atoms with Crippen molar-refractivity contribution in [2.45, 2.75) is 32.3 Å². The average Bonchev–Trinajstić information content (AvgIpc) is 3.08. The lowest BCUT2D eigenvalue weighted by Crippen LogP contribution is -2.34. The number of rotatable bonds is 4. The van der Waals surface area contributed by atoms with Gasteiger partial charge in [0.05, 0.1) is 0 Å². The van der Waals surface area contributed by atoms with Gasteiger partial charge in [-0.25, -0.2) is 4.79 Å². The molecule has 20 heavy (non-hydrogen) atoms. The van der Waals surface area contributed by atoms with E-state index in [1.807, 2.05) is 37.4 Å². The zero-order valence-corrected chi connectivity index (χ0v) is 12.1. The molecule has 1 aromatic carbocycles. The summed E-state index contributed by atoms with van der Waals surface area (Å²) >= 11 is 0. The third-order valence-corrected chi connectivity index (χ3v) is 4.91. The van der Waals surface area contributed by atoms with Gasteiger partial charge in [-0.05, 0) is 42.6 Å². The number of hydrogen-bond acceptors (Lipinski definition) is 2. The maximum absolute atomic E-state index is 12.0. The number of amides is 1. The van der Waals surface area contributed by atoms with Crippen LogP contribution in [-0.2, 0) is 11.3 Å². The highest BCUT2D eigenvalue weighted by Gasteiger charge is 2.40. The van der Waals surface area contributed by atoms with Crippen LogP contribution in [-0.4, -0.2) is 24.6 Å². The van der Waals surface area contributed by atoms with Crippen molar-refractivity contribution in [2.75, 3.05) is 13.6 Å². The van der Waals surface area contributed by atoms with Gasteiger partial charge in [-0.15, -0.1) is 0 Å². The molecule has 2 bridgehead atoms. The second kappa shape index (κ2) is 5.86. The van der Waals surface area contributed by atoms with Crippen LogP contribution in [0.4, 0.5) is 4.79 Å². The Balaban J connectivity index is 1.45. The van der Waals surface area contributed by atoms with Crippen LogP contribution >= 0.6 is 0 Å². The molecule has 0 radical (unpaired) electrons. The van der Waals surface area contributed by atoms with Crippen LogP contribution in [0.2, 0.25) is 0 Å². The molecule has 3 nitrogen and oxygen atoms in total. The molecule has 2 aliphatic rings. The fourth-order valence-electron chi connectivity index (χ4n) is 3.86. The lowest BCUT2D eigenvalue weighted by atomic mass is 9.88. The summed E-state index contributed by atoms with van der Waals surface area (Å²) in [7, 11) is 1.86. The Morgan fingerprint density at radius 2 is 2.05 bits per heavy atom. The van der Waals surface area contributed by atoms with Crippen molar-refractivity contribution >= 4 is 6.09 Å². The van der Waals surface area contributed by atoms with Crippen LogP contribution in [0.5, 0.6) is 0 Å². The van der Waals surface area contributed by atoms with E-state index in [4.69, 9.17) is 4.74 Å². The number of hydrogen-bond donors (Lipinski definition) is 0. The Hall–Kier alpha value is -1.51. The first-order chi connectivity index (χ1) is 9.72. The highest BCUT2D eigenvalue weighted by atomic mass is 16.6. The minimum Gasteiger partial charge on any atom is -0.445 e. The maximum atomic E-state index is 12.0. The minimum absolute atomic E-state index is 0.198. The zero-order valence-electron chi connectivity index (χ0n) is 12.1. The first-order valence-electron chi connectivity index (χ1n) is 7.64. The number of benzene rings is 1. The molecule has 1 aromatic rings. The smallest absolute Gasteiger partial charge is 0.409 e. The van der Waals surface area contributed by atoms with Gasteiger partial charge in [-0.2, -0.15) is 0 Å². The van der Waals surface area contributed by atoms with E-state index >= 15 is 0 Å². The van der Waals surface area contributed by atoms with Crippen LogP contribution in [0, 0.1) is 17.8 Å². The molecule has 2 aliphatic carbocycles. The summed E-state index contributed by atoms with van der Waals surface area (Å²) in [5.41, 5.74) is 1.04. The maximum Gasteiger partial charge on any atom is 0.409 e. The van der Waals surface area contributed by atoms with E-state index in [1.165, 1.54) is 25.7 Å². The predicted octanol–water partition coefficient (Wildman–Crippen LogP) is 3.69. The molecule has 0 aromatic heterocycles. The lowest BCUT2D eigenvalue weighted by molar-refractivity contribution is 0.0951. The highest BCUT2D eigenvalue weighted by molar-refractivity contribution is 5.67. The first-order valence-corrected chi connectivity index (χ1v) is 7.64. The van der Waals surface area contributed by atoms with Crippen LogP contribution in [0.1, 0.15) is 31.2 Å². The fourth-order valence-corrected chi connectivity index (χ4v) is 3.86. The Labute approximate surface area is 120 Å². The van der Waals surface area contributed by atoms with Gasteiger partial charge in [0.1, 0.15) is 6.61 Å². The van der Waals surface area contributed by atoms with Crippen molar-refractivity contribution in [1.29, 1.82) is 0 Å². The number of carbonyl (C=O) groups excluding carboxylic acids is 1. The zero-order chi connectivity index (χ0) is 13.9. The molecular weight excluding hydrogens is 250 g/mol. The SMILES string of the molecule is CN(CC1CC2CCC1C2)C(=O)OCc1ccccc1. The van der Waals surface area contributed by atoms with Gasteiger partial charge in [0.2, 0.25) is 0 Å². The van der Waals surface area contributed by atoms with Crippen LogP contribution in [0.3, 0.4) is 0 Å². The molecule has 0 heterocycles. The molecule has 3 heteroatoms. The average molecular weight is 273 g/mol. The van der Waals surface area contributed by atoms with Crippen molar-refractivity contribution < 1.29 is 9.53 Å². The molecule has 0 saturated heterocycles. The fraction of sp³-hybridized carbons (Fsp3) is 0.588. The third-order valence-electron chi connectivity index (χ3n) is 4.91. The van der Waals surface area contributed by atoms with E-state index in [9.17, 15) is 4.79 Å². The van der Waals surface area contributed by atoms with E-state index < -0.39 is 0 Å². The molecule has 2 saturated carbocycles. The van der Waals surface area contributed by atoms with Crippen molar-refractivity contribution in [2.24, 2.45) is 17.8 Å². The molecule has 1 amide bonds. The number of nitrogens with zero attached hydrogens (tertiary/aromatic N) is 1. The minimum atomic E-state index is -0.198. The summed E-state index contributed by atoms with van der Waals surface area (Å²) < 4.78 is 5.37. The largest absolute Gasteiger partial charge is 0.445 e. The second-order valence-corrected chi connectivity index (χ2v) is 6.36. The monoisotopic (exact) mass is 273 g/mol. The summed E-state index contributed by atoms with van der Waals surface area (Å²) in [4.78, 5) is 13.8. The molecule has 0 spiro atoms. The molecule has 3 rings (SSSR count). The van der Waals surface area contributed by atoms with Gasteiger partial charge in [0, 0.05) is 13.6 Å². The Kier molecular flexibility index (Phi) is 3.95. The van der Waals surface area contributed by atoms with Crippen molar-refractivity contribution in [3.63, 3.8) is 0 Å². The molecule has 0 N–H and O–H groups in total. The normalized spacial score (nSPS) is 27.6. The standard InChI is InChI=1S/C17H23NO2/c1-18(11-16-10-14-7-8-15(16)9-14)17(19)20-12-13-5-3-2-4-6-13/h2-6,14-16H,7-12H2,1H3. The number of ether oxygens (including phenoxy) is 1. The van der Waals surface area contributed by atoms with E-state index in [2.05, 4.69) is 0 Å². The van der Waals surface area contributed by atoms with E-state index in [0.29, 0.717) is 12.5 Å². The quantitative estimate of drug-likeness (QED) is 0.837. The second-order valence-electron chi connectivity index (χ2n) is 6.36. The topological polar surface area (TPSA) is 29.5 Å². The van der Waals surface area contributed by atoms with Crippen LogP contribution in [0.25, 0.3) is 0 Å². The van der Waals surface area contributed by atoms with Crippen molar-refractivity contribution in [1.82, 2.24) is 4.90 Å². The summed E-state index contributed by atoms with van der Waals surface area (Å²) in [5.74, 6) is 2.48. The van der Waals surface area contributed by atoms with Gasteiger partial charge < -0.3 is 9.64 Å². The van der Waals surface area contributed by atoms with Gasteiger partial charge >= 0.3 is 6.09 Å². The number of fused-ring (bicyclic) bond motifs is 2. The van der Waals surface area contributed by atoms with Gasteiger partial charge in [-0.1, -0.05) is 36.8 Å². The summed E-state index contributed by atoms with van der Waals surface area (Å²) in [6.45, 7) is 1.22. The Morgan fingerprint density at radius 3 is 2.70 bits per heavy atom. The molecule has 108 valence electrons. The van der Waals surface area contributed by atoms with Gasteiger partial charge in [0.15, 0.2) is 0 Å². The van der Waals surface area contributed by atoms with E-state index in [1.54, 1.807) is 4.90 Å². The van der Waals surface area contributed by atoms with Crippen molar-refractivity contribution in [3.05, 3.63) is 35.9 Å². The lowest BCUT2D eigenvalue weighted by Gasteiger charge is -2.26. The summed E-state index contributed by atoms with van der Waals surface area (Å²) in [5, 5.41) is 0. The summed E-state index contributed by atoms with van der Waals surface area (Å²) in [6, 6.07) is 9.84. The molecule has 2 fully saturated rings. The third kappa shape index (κ3) is 2.97. The van der Waals surface area contributed by atoms with Crippen LogP contribution < -0.4 is 0 Å². The molecular formula is C17H23NO2. The number of carbonyl (C=O) groups is 1. The van der Waals surface area contributed by atoms with Crippen LogP contribution in [0.15, 0.2) is 30.3 Å².